The molecule has 96 valence electrons. The van der Waals surface area contributed by atoms with Gasteiger partial charge in [0.15, 0.2) is 5.65 Å². The third kappa shape index (κ3) is 2.23. The van der Waals surface area contributed by atoms with Crippen LogP contribution in [0.15, 0.2) is 18.3 Å². The van der Waals surface area contributed by atoms with Crippen LogP contribution in [0.4, 0.5) is 0 Å². The number of nitrogens with one attached hydrogen (secondary N) is 1. The summed E-state index contributed by atoms with van der Waals surface area (Å²) in [6, 6.07) is 4.15. The van der Waals surface area contributed by atoms with Gasteiger partial charge in [-0.2, -0.15) is 5.10 Å². The van der Waals surface area contributed by atoms with Gasteiger partial charge in [-0.3, -0.25) is 0 Å². The fraction of sp³-hybridized carbons (Fsp3) is 0.538. The van der Waals surface area contributed by atoms with Crippen molar-refractivity contribution in [2.75, 3.05) is 20.3 Å². The summed E-state index contributed by atoms with van der Waals surface area (Å²) < 4.78 is 7.28. The van der Waals surface area contributed by atoms with Crippen LogP contribution in [-0.4, -0.2) is 34.9 Å². The molecule has 0 radical (unpaired) electrons. The molecule has 18 heavy (non-hydrogen) atoms. The minimum absolute atomic E-state index is 0.526. The number of nitrogens with zero attached hydrogens (tertiary/aromatic N) is 3. The molecule has 0 atom stereocenters. The number of ether oxygens (including phenoxy) is 1. The van der Waals surface area contributed by atoms with E-state index in [1.807, 2.05) is 17.8 Å². The first-order chi connectivity index (χ1) is 8.86. The van der Waals surface area contributed by atoms with Gasteiger partial charge in [-0.25, -0.2) is 9.50 Å². The highest BCUT2D eigenvalue weighted by Gasteiger charge is 2.17. The molecular formula is C13H18N4O. The maximum absolute atomic E-state index is 5.39. The molecule has 0 saturated carbocycles. The van der Waals surface area contributed by atoms with E-state index >= 15 is 0 Å². The van der Waals surface area contributed by atoms with Crippen LogP contribution >= 0.6 is 0 Å². The summed E-state index contributed by atoms with van der Waals surface area (Å²) in [5.41, 5.74) is 3.09. The third-order valence-corrected chi connectivity index (χ3v) is 3.39. The Morgan fingerprint density at radius 3 is 3.00 bits per heavy atom. The molecule has 1 aliphatic heterocycles. The third-order valence-electron chi connectivity index (χ3n) is 3.39. The van der Waals surface area contributed by atoms with Crippen LogP contribution in [0, 0.1) is 0 Å². The van der Waals surface area contributed by atoms with Gasteiger partial charge in [0.1, 0.15) is 0 Å². The predicted octanol–water partition coefficient (Wildman–Crippen LogP) is 1.34. The minimum Gasteiger partial charge on any atom is -0.381 e. The average Bonchev–Trinajstić information content (AvgIpc) is 2.81. The largest absolute Gasteiger partial charge is 0.381 e. The Morgan fingerprint density at radius 2 is 2.22 bits per heavy atom. The Bertz CT molecular complexity index is 531. The molecule has 3 rings (SSSR count). The van der Waals surface area contributed by atoms with Crippen molar-refractivity contribution in [3.05, 3.63) is 29.7 Å². The molecule has 0 aliphatic carbocycles. The molecule has 0 unspecified atom stereocenters. The minimum atomic E-state index is 0.526. The summed E-state index contributed by atoms with van der Waals surface area (Å²) in [5, 5.41) is 7.78. The van der Waals surface area contributed by atoms with E-state index < -0.39 is 0 Å². The SMILES string of the molecule is CNCc1cn2nc(C3CCOCC3)ccc2n1. The molecule has 3 heterocycles. The lowest BCUT2D eigenvalue weighted by Gasteiger charge is -2.21. The van der Waals surface area contributed by atoms with Gasteiger partial charge in [0.05, 0.1) is 17.6 Å². The highest BCUT2D eigenvalue weighted by molar-refractivity contribution is 5.39. The van der Waals surface area contributed by atoms with Gasteiger partial charge in [0.2, 0.25) is 0 Å². The highest BCUT2D eigenvalue weighted by Crippen LogP contribution is 2.25. The summed E-state index contributed by atoms with van der Waals surface area (Å²) in [4.78, 5) is 4.50. The molecule has 0 spiro atoms. The molecule has 0 amide bonds. The first-order valence-corrected chi connectivity index (χ1v) is 6.44. The molecule has 2 aromatic heterocycles. The molecule has 1 saturated heterocycles. The Balaban J connectivity index is 1.89. The van der Waals surface area contributed by atoms with Crippen molar-refractivity contribution < 1.29 is 4.74 Å². The van der Waals surface area contributed by atoms with Crippen molar-refractivity contribution in [3.63, 3.8) is 0 Å². The summed E-state index contributed by atoms with van der Waals surface area (Å²) in [6.07, 6.45) is 4.13. The lowest BCUT2D eigenvalue weighted by Crippen LogP contribution is -2.15. The van der Waals surface area contributed by atoms with Gasteiger partial charge in [0, 0.05) is 25.7 Å². The molecule has 1 N–H and O–H groups in total. The maximum Gasteiger partial charge on any atom is 0.153 e. The van der Waals surface area contributed by atoms with Crippen molar-refractivity contribution in [2.24, 2.45) is 0 Å². The van der Waals surface area contributed by atoms with Gasteiger partial charge in [-0.05, 0) is 32.0 Å². The van der Waals surface area contributed by atoms with E-state index in [1.54, 1.807) is 0 Å². The first kappa shape index (κ1) is 11.6. The van der Waals surface area contributed by atoms with Gasteiger partial charge in [-0.15, -0.1) is 0 Å². The lowest BCUT2D eigenvalue weighted by atomic mass is 9.96. The quantitative estimate of drug-likeness (QED) is 0.888. The Kier molecular flexibility index (Phi) is 3.25. The fourth-order valence-electron chi connectivity index (χ4n) is 2.42. The van der Waals surface area contributed by atoms with E-state index in [4.69, 9.17) is 4.74 Å². The number of fused-ring (bicyclic) bond motifs is 1. The van der Waals surface area contributed by atoms with Gasteiger partial charge in [-0.1, -0.05) is 0 Å². The zero-order valence-corrected chi connectivity index (χ0v) is 10.6. The molecule has 5 nitrogen and oxygen atoms in total. The molecule has 5 heteroatoms. The van der Waals surface area contributed by atoms with Gasteiger partial charge >= 0.3 is 0 Å². The second-order valence-electron chi connectivity index (χ2n) is 4.71. The molecule has 2 aromatic rings. The molecule has 1 fully saturated rings. The van der Waals surface area contributed by atoms with Crippen LogP contribution in [0.5, 0.6) is 0 Å². The van der Waals surface area contributed by atoms with Crippen LogP contribution < -0.4 is 5.32 Å². The van der Waals surface area contributed by atoms with Crippen LogP contribution in [-0.2, 0) is 11.3 Å². The van der Waals surface area contributed by atoms with Crippen LogP contribution in [0.1, 0.15) is 30.1 Å². The summed E-state index contributed by atoms with van der Waals surface area (Å²) in [6.45, 7) is 2.47. The van der Waals surface area contributed by atoms with Crippen LogP contribution in [0.3, 0.4) is 0 Å². The Labute approximate surface area is 106 Å². The normalized spacial score (nSPS) is 17.4. The number of hydrogen-bond acceptors (Lipinski definition) is 4. The van der Waals surface area contributed by atoms with E-state index in [2.05, 4.69) is 27.5 Å². The van der Waals surface area contributed by atoms with Crippen LogP contribution in [0.2, 0.25) is 0 Å². The van der Waals surface area contributed by atoms with E-state index in [0.717, 1.165) is 49.6 Å². The second-order valence-corrected chi connectivity index (χ2v) is 4.71. The fourth-order valence-corrected chi connectivity index (χ4v) is 2.42. The van der Waals surface area contributed by atoms with Crippen molar-refractivity contribution >= 4 is 5.65 Å². The molecule has 0 bridgehead atoms. The first-order valence-electron chi connectivity index (χ1n) is 6.44. The van der Waals surface area contributed by atoms with E-state index in [0.29, 0.717) is 5.92 Å². The van der Waals surface area contributed by atoms with Crippen LogP contribution in [0.25, 0.3) is 5.65 Å². The van der Waals surface area contributed by atoms with Crippen molar-refractivity contribution in [1.82, 2.24) is 19.9 Å². The zero-order valence-electron chi connectivity index (χ0n) is 10.6. The lowest BCUT2D eigenvalue weighted by molar-refractivity contribution is 0.0843. The van der Waals surface area contributed by atoms with Crippen molar-refractivity contribution in [2.45, 2.75) is 25.3 Å². The summed E-state index contributed by atoms with van der Waals surface area (Å²) >= 11 is 0. The second kappa shape index (κ2) is 5.04. The smallest absolute Gasteiger partial charge is 0.153 e. The predicted molar refractivity (Wildman–Crippen MR) is 68.5 cm³/mol. The van der Waals surface area contributed by atoms with E-state index in [-0.39, 0.29) is 0 Å². The number of aromatic nitrogens is 3. The summed E-state index contributed by atoms with van der Waals surface area (Å²) in [5.74, 6) is 0.526. The number of hydrogen-bond donors (Lipinski definition) is 1. The van der Waals surface area contributed by atoms with E-state index in [1.165, 1.54) is 0 Å². The molecule has 0 aromatic carbocycles. The van der Waals surface area contributed by atoms with Gasteiger partial charge in [0.25, 0.3) is 0 Å². The van der Waals surface area contributed by atoms with E-state index in [9.17, 15) is 0 Å². The average molecular weight is 246 g/mol. The zero-order chi connectivity index (χ0) is 12.4. The summed E-state index contributed by atoms with van der Waals surface area (Å²) in [7, 11) is 1.92. The standard InChI is InChI=1S/C13H18N4O/c1-14-8-11-9-17-13(15-11)3-2-12(16-17)10-4-6-18-7-5-10/h2-3,9-10,14H,4-8H2,1H3. The molecular weight excluding hydrogens is 228 g/mol. The van der Waals surface area contributed by atoms with Crippen molar-refractivity contribution in [1.29, 1.82) is 0 Å². The monoisotopic (exact) mass is 246 g/mol. The number of imidazole rings is 1. The maximum atomic E-state index is 5.39. The van der Waals surface area contributed by atoms with Crippen molar-refractivity contribution in [3.8, 4) is 0 Å². The number of rotatable bonds is 3. The topological polar surface area (TPSA) is 51.5 Å². The van der Waals surface area contributed by atoms with Gasteiger partial charge < -0.3 is 10.1 Å². The molecule has 1 aliphatic rings. The Hall–Kier alpha value is -1.46. The highest BCUT2D eigenvalue weighted by atomic mass is 16.5. The Morgan fingerprint density at radius 1 is 1.39 bits per heavy atom.